The summed E-state index contributed by atoms with van der Waals surface area (Å²) in [6, 6.07) is 8.06. The SMILES string of the molecule is CC(=O)c1ccc(C2CCCNC2)cc1. The lowest BCUT2D eigenvalue weighted by Gasteiger charge is -2.23. The van der Waals surface area contributed by atoms with Crippen LogP contribution in [0.15, 0.2) is 24.3 Å². The summed E-state index contributed by atoms with van der Waals surface area (Å²) < 4.78 is 0. The number of benzene rings is 1. The van der Waals surface area contributed by atoms with Crippen molar-refractivity contribution in [2.75, 3.05) is 13.1 Å². The second-order valence-electron chi connectivity index (χ2n) is 4.22. The molecule has 15 heavy (non-hydrogen) atoms. The molecule has 0 bridgehead atoms. The van der Waals surface area contributed by atoms with Crippen LogP contribution in [-0.4, -0.2) is 18.9 Å². The molecule has 1 atom stereocenters. The number of rotatable bonds is 2. The van der Waals surface area contributed by atoms with E-state index in [-0.39, 0.29) is 5.78 Å². The Hall–Kier alpha value is -1.15. The Morgan fingerprint density at radius 2 is 2.07 bits per heavy atom. The molecular weight excluding hydrogens is 186 g/mol. The van der Waals surface area contributed by atoms with Gasteiger partial charge in [-0.15, -0.1) is 0 Å². The van der Waals surface area contributed by atoms with Crippen molar-refractivity contribution in [2.45, 2.75) is 25.7 Å². The first kappa shape index (κ1) is 10.4. The van der Waals surface area contributed by atoms with Gasteiger partial charge in [-0.2, -0.15) is 0 Å². The summed E-state index contributed by atoms with van der Waals surface area (Å²) >= 11 is 0. The van der Waals surface area contributed by atoms with Crippen LogP contribution in [0.3, 0.4) is 0 Å². The summed E-state index contributed by atoms with van der Waals surface area (Å²) in [4.78, 5) is 11.1. The van der Waals surface area contributed by atoms with Gasteiger partial charge in [-0.05, 0) is 37.8 Å². The standard InChI is InChI=1S/C13H17NO/c1-10(15)11-4-6-12(7-5-11)13-3-2-8-14-9-13/h4-7,13-14H,2-3,8-9H2,1H3. The van der Waals surface area contributed by atoms with Crippen molar-refractivity contribution in [3.63, 3.8) is 0 Å². The minimum Gasteiger partial charge on any atom is -0.316 e. The Balaban J connectivity index is 2.11. The minimum atomic E-state index is 0.142. The highest BCUT2D eigenvalue weighted by atomic mass is 16.1. The minimum absolute atomic E-state index is 0.142. The van der Waals surface area contributed by atoms with Crippen molar-refractivity contribution < 1.29 is 4.79 Å². The highest BCUT2D eigenvalue weighted by Gasteiger charge is 2.14. The molecule has 1 aliphatic rings. The Bertz CT molecular complexity index is 336. The molecule has 0 spiro atoms. The Kier molecular flexibility index (Phi) is 3.17. The van der Waals surface area contributed by atoms with E-state index < -0.39 is 0 Å². The van der Waals surface area contributed by atoms with Gasteiger partial charge in [0.05, 0.1) is 0 Å². The molecule has 0 radical (unpaired) electrons. The molecule has 2 nitrogen and oxygen atoms in total. The maximum Gasteiger partial charge on any atom is 0.159 e. The number of carbonyl (C=O) groups excluding carboxylic acids is 1. The maximum atomic E-state index is 11.1. The van der Waals surface area contributed by atoms with Gasteiger partial charge in [-0.1, -0.05) is 24.3 Å². The molecule has 1 aliphatic heterocycles. The molecule has 0 aliphatic carbocycles. The van der Waals surface area contributed by atoms with Crippen LogP contribution in [0.5, 0.6) is 0 Å². The second kappa shape index (κ2) is 4.58. The van der Waals surface area contributed by atoms with Gasteiger partial charge in [0.2, 0.25) is 0 Å². The van der Waals surface area contributed by atoms with E-state index in [1.165, 1.54) is 18.4 Å². The van der Waals surface area contributed by atoms with Crippen molar-refractivity contribution >= 4 is 5.78 Å². The van der Waals surface area contributed by atoms with E-state index in [1.807, 2.05) is 12.1 Å². The average Bonchev–Trinajstić information content (AvgIpc) is 2.30. The fourth-order valence-electron chi connectivity index (χ4n) is 2.13. The zero-order valence-electron chi connectivity index (χ0n) is 9.12. The molecule has 1 aromatic carbocycles. The highest BCUT2D eigenvalue weighted by Crippen LogP contribution is 2.23. The molecule has 1 unspecified atom stereocenters. The summed E-state index contributed by atoms with van der Waals surface area (Å²) in [5.74, 6) is 0.767. The van der Waals surface area contributed by atoms with Crippen LogP contribution in [0.4, 0.5) is 0 Å². The number of hydrogen-bond donors (Lipinski definition) is 1. The second-order valence-corrected chi connectivity index (χ2v) is 4.22. The summed E-state index contributed by atoms with van der Waals surface area (Å²) in [7, 11) is 0. The lowest BCUT2D eigenvalue weighted by molar-refractivity contribution is 0.101. The summed E-state index contributed by atoms with van der Waals surface area (Å²) in [5, 5.41) is 3.40. The first-order valence-corrected chi connectivity index (χ1v) is 5.59. The van der Waals surface area contributed by atoms with Gasteiger partial charge in [-0.3, -0.25) is 4.79 Å². The molecule has 2 heteroatoms. The quantitative estimate of drug-likeness (QED) is 0.748. The maximum absolute atomic E-state index is 11.1. The van der Waals surface area contributed by atoms with Gasteiger partial charge in [0.15, 0.2) is 5.78 Å². The zero-order valence-corrected chi connectivity index (χ0v) is 9.12. The molecule has 0 aromatic heterocycles. The third-order valence-corrected chi connectivity index (χ3v) is 3.09. The number of nitrogens with one attached hydrogen (secondary N) is 1. The topological polar surface area (TPSA) is 29.1 Å². The van der Waals surface area contributed by atoms with E-state index in [0.717, 1.165) is 18.7 Å². The van der Waals surface area contributed by atoms with Crippen LogP contribution in [0.1, 0.15) is 41.6 Å². The van der Waals surface area contributed by atoms with Gasteiger partial charge in [0, 0.05) is 12.1 Å². The van der Waals surface area contributed by atoms with Crippen LogP contribution >= 0.6 is 0 Å². The molecule has 80 valence electrons. The molecule has 0 amide bonds. The Morgan fingerprint density at radius 1 is 1.33 bits per heavy atom. The van der Waals surface area contributed by atoms with Gasteiger partial charge in [-0.25, -0.2) is 0 Å². The lowest BCUT2D eigenvalue weighted by Crippen LogP contribution is -2.28. The Labute approximate surface area is 90.7 Å². The smallest absolute Gasteiger partial charge is 0.159 e. The fraction of sp³-hybridized carbons (Fsp3) is 0.462. The molecule has 2 rings (SSSR count). The monoisotopic (exact) mass is 203 g/mol. The van der Waals surface area contributed by atoms with E-state index in [2.05, 4.69) is 17.4 Å². The van der Waals surface area contributed by atoms with E-state index >= 15 is 0 Å². The van der Waals surface area contributed by atoms with Crippen LogP contribution in [0.25, 0.3) is 0 Å². The third-order valence-electron chi connectivity index (χ3n) is 3.09. The van der Waals surface area contributed by atoms with Gasteiger partial charge >= 0.3 is 0 Å². The summed E-state index contributed by atoms with van der Waals surface area (Å²) in [6.07, 6.45) is 2.51. The van der Waals surface area contributed by atoms with Gasteiger partial charge in [0.25, 0.3) is 0 Å². The third kappa shape index (κ3) is 2.45. The molecule has 1 fully saturated rings. The van der Waals surface area contributed by atoms with Crippen molar-refractivity contribution in [1.82, 2.24) is 5.32 Å². The number of hydrogen-bond acceptors (Lipinski definition) is 2. The predicted octanol–water partition coefficient (Wildman–Crippen LogP) is 2.36. The molecule has 0 saturated carbocycles. The average molecular weight is 203 g/mol. The van der Waals surface area contributed by atoms with Crippen molar-refractivity contribution in [2.24, 2.45) is 0 Å². The Morgan fingerprint density at radius 3 is 2.60 bits per heavy atom. The number of ketones is 1. The summed E-state index contributed by atoms with van der Waals surface area (Å²) in [5.41, 5.74) is 2.16. The lowest BCUT2D eigenvalue weighted by atomic mass is 9.91. The largest absolute Gasteiger partial charge is 0.316 e. The molecule has 1 heterocycles. The van der Waals surface area contributed by atoms with Crippen LogP contribution < -0.4 is 5.32 Å². The number of Topliss-reactive ketones (excluding diaryl/α,β-unsaturated/α-hetero) is 1. The first-order valence-electron chi connectivity index (χ1n) is 5.59. The molecular formula is C13H17NO. The van der Waals surface area contributed by atoms with Crippen LogP contribution in [-0.2, 0) is 0 Å². The normalized spacial score (nSPS) is 21.3. The first-order chi connectivity index (χ1) is 7.27. The molecule has 1 N–H and O–H groups in total. The van der Waals surface area contributed by atoms with Gasteiger partial charge in [0.1, 0.15) is 0 Å². The molecule has 1 aromatic rings. The van der Waals surface area contributed by atoms with E-state index in [4.69, 9.17) is 0 Å². The predicted molar refractivity (Wildman–Crippen MR) is 61.3 cm³/mol. The van der Waals surface area contributed by atoms with Crippen LogP contribution in [0, 0.1) is 0 Å². The highest BCUT2D eigenvalue weighted by molar-refractivity contribution is 5.94. The number of piperidine rings is 1. The van der Waals surface area contributed by atoms with Crippen molar-refractivity contribution in [3.8, 4) is 0 Å². The molecule has 1 saturated heterocycles. The van der Waals surface area contributed by atoms with Crippen molar-refractivity contribution in [1.29, 1.82) is 0 Å². The van der Waals surface area contributed by atoms with E-state index in [0.29, 0.717) is 5.92 Å². The number of carbonyl (C=O) groups is 1. The fourth-order valence-corrected chi connectivity index (χ4v) is 2.13. The van der Waals surface area contributed by atoms with Crippen LogP contribution in [0.2, 0.25) is 0 Å². The van der Waals surface area contributed by atoms with E-state index in [1.54, 1.807) is 6.92 Å². The zero-order chi connectivity index (χ0) is 10.7. The van der Waals surface area contributed by atoms with E-state index in [9.17, 15) is 4.79 Å². The van der Waals surface area contributed by atoms with Crippen molar-refractivity contribution in [3.05, 3.63) is 35.4 Å². The summed E-state index contributed by atoms with van der Waals surface area (Å²) in [6.45, 7) is 3.82. The van der Waals surface area contributed by atoms with Gasteiger partial charge < -0.3 is 5.32 Å².